The molecule has 0 saturated carbocycles. The normalized spacial score (nSPS) is 18.9. The van der Waals surface area contributed by atoms with Gasteiger partial charge >= 0.3 is 0 Å². The minimum absolute atomic E-state index is 0.820. The van der Waals surface area contributed by atoms with E-state index in [4.69, 9.17) is 4.74 Å². The van der Waals surface area contributed by atoms with Gasteiger partial charge in [-0.05, 0) is 42.7 Å². The zero-order chi connectivity index (χ0) is 14.0. The second-order valence-corrected chi connectivity index (χ2v) is 6.87. The Hall–Kier alpha value is -0.670. The van der Waals surface area contributed by atoms with Gasteiger partial charge in [0.1, 0.15) is 5.75 Å². The topological polar surface area (TPSA) is 21.3 Å². The Kier molecular flexibility index (Phi) is 7.31. The van der Waals surface area contributed by atoms with Gasteiger partial charge < -0.3 is 10.1 Å². The van der Waals surface area contributed by atoms with Gasteiger partial charge in [-0.25, -0.2) is 0 Å². The van der Waals surface area contributed by atoms with E-state index in [0.29, 0.717) is 0 Å². The summed E-state index contributed by atoms with van der Waals surface area (Å²) in [7, 11) is 0. The Morgan fingerprint density at radius 3 is 2.80 bits per heavy atom. The van der Waals surface area contributed by atoms with Gasteiger partial charge in [0.2, 0.25) is 0 Å². The first-order valence-corrected chi connectivity index (χ1v) is 8.97. The van der Waals surface area contributed by atoms with E-state index < -0.39 is 0 Å². The Bertz CT molecular complexity index is 360. The van der Waals surface area contributed by atoms with Gasteiger partial charge in [0.15, 0.2) is 0 Å². The molecular formula is C17H27NOS. The maximum Gasteiger partial charge on any atom is 0.119 e. The average Bonchev–Trinajstić information content (AvgIpc) is 2.50. The van der Waals surface area contributed by atoms with Crippen LogP contribution in [0.2, 0.25) is 0 Å². The summed E-state index contributed by atoms with van der Waals surface area (Å²) in [5.41, 5.74) is 1.34. The number of hydrogen-bond donors (Lipinski definition) is 1. The monoisotopic (exact) mass is 293 g/mol. The van der Waals surface area contributed by atoms with Crippen LogP contribution in [0.5, 0.6) is 5.75 Å². The molecule has 0 bridgehead atoms. The SMILES string of the molecule is CCCCOc1ccc(CNCC2CCCCS2)cc1. The number of hydrogen-bond acceptors (Lipinski definition) is 3. The number of rotatable bonds is 8. The summed E-state index contributed by atoms with van der Waals surface area (Å²) in [4.78, 5) is 0. The number of ether oxygens (including phenoxy) is 1. The number of unbranched alkanes of at least 4 members (excludes halogenated alkanes) is 1. The Labute approximate surface area is 127 Å². The highest BCUT2D eigenvalue weighted by Crippen LogP contribution is 2.24. The fourth-order valence-electron chi connectivity index (χ4n) is 2.38. The average molecular weight is 293 g/mol. The molecule has 3 heteroatoms. The van der Waals surface area contributed by atoms with Crippen LogP contribution in [0, 0.1) is 0 Å². The zero-order valence-electron chi connectivity index (χ0n) is 12.6. The molecule has 1 fully saturated rings. The van der Waals surface area contributed by atoms with Gasteiger partial charge in [-0.2, -0.15) is 11.8 Å². The van der Waals surface area contributed by atoms with Crippen molar-refractivity contribution in [3.8, 4) is 5.75 Å². The van der Waals surface area contributed by atoms with Gasteiger partial charge in [0.05, 0.1) is 6.61 Å². The smallest absolute Gasteiger partial charge is 0.119 e. The summed E-state index contributed by atoms with van der Waals surface area (Å²) < 4.78 is 5.68. The van der Waals surface area contributed by atoms with E-state index in [0.717, 1.165) is 37.1 Å². The first kappa shape index (κ1) is 15.7. The van der Waals surface area contributed by atoms with Crippen LogP contribution >= 0.6 is 11.8 Å². The van der Waals surface area contributed by atoms with E-state index in [1.807, 2.05) is 0 Å². The van der Waals surface area contributed by atoms with Crippen LogP contribution in [0.4, 0.5) is 0 Å². The van der Waals surface area contributed by atoms with Crippen molar-refractivity contribution in [2.24, 2.45) is 0 Å². The van der Waals surface area contributed by atoms with Crippen LogP contribution in [0.25, 0.3) is 0 Å². The summed E-state index contributed by atoms with van der Waals surface area (Å²) >= 11 is 2.13. The van der Waals surface area contributed by atoms with Gasteiger partial charge in [-0.1, -0.05) is 31.9 Å². The van der Waals surface area contributed by atoms with Gasteiger partial charge in [-0.15, -0.1) is 0 Å². The fourth-order valence-corrected chi connectivity index (χ4v) is 3.66. The third-order valence-electron chi connectivity index (χ3n) is 3.67. The third kappa shape index (κ3) is 5.76. The van der Waals surface area contributed by atoms with Gasteiger partial charge in [0.25, 0.3) is 0 Å². The molecule has 2 rings (SSSR count). The minimum atomic E-state index is 0.820. The molecule has 1 aliphatic rings. The summed E-state index contributed by atoms with van der Waals surface area (Å²) in [6.45, 7) is 5.11. The van der Waals surface area contributed by atoms with Crippen molar-refractivity contribution < 1.29 is 4.74 Å². The van der Waals surface area contributed by atoms with Crippen molar-refractivity contribution in [1.29, 1.82) is 0 Å². The van der Waals surface area contributed by atoms with Crippen LogP contribution in [-0.2, 0) is 6.54 Å². The highest BCUT2D eigenvalue weighted by atomic mass is 32.2. The molecule has 0 aromatic heterocycles. The number of thioether (sulfide) groups is 1. The number of nitrogens with one attached hydrogen (secondary N) is 1. The molecule has 1 saturated heterocycles. The maximum atomic E-state index is 5.68. The standard InChI is InChI=1S/C17H27NOS/c1-2-3-11-19-16-9-7-15(8-10-16)13-18-14-17-6-4-5-12-20-17/h7-10,17-18H,2-6,11-14H2,1H3. The molecule has 0 aliphatic carbocycles. The minimum Gasteiger partial charge on any atom is -0.494 e. The largest absolute Gasteiger partial charge is 0.494 e. The third-order valence-corrected chi connectivity index (χ3v) is 5.06. The predicted molar refractivity (Wildman–Crippen MR) is 88.6 cm³/mol. The molecule has 1 heterocycles. The van der Waals surface area contributed by atoms with Crippen LogP contribution in [-0.4, -0.2) is 24.2 Å². The molecule has 1 unspecified atom stereocenters. The van der Waals surface area contributed by atoms with Crippen LogP contribution in [0.3, 0.4) is 0 Å². The summed E-state index contributed by atoms with van der Waals surface area (Å²) in [6.07, 6.45) is 6.50. The van der Waals surface area contributed by atoms with Crippen LogP contribution in [0.1, 0.15) is 44.6 Å². The molecule has 1 aromatic rings. The van der Waals surface area contributed by atoms with E-state index in [2.05, 4.69) is 48.3 Å². The Balaban J connectivity index is 1.65. The molecule has 1 atom stereocenters. The van der Waals surface area contributed by atoms with Gasteiger partial charge in [0, 0.05) is 18.3 Å². The fraction of sp³-hybridized carbons (Fsp3) is 0.647. The Morgan fingerprint density at radius 1 is 1.25 bits per heavy atom. The molecule has 112 valence electrons. The molecule has 1 N–H and O–H groups in total. The number of benzene rings is 1. The summed E-state index contributed by atoms with van der Waals surface area (Å²) in [5, 5.41) is 4.40. The van der Waals surface area contributed by atoms with Crippen molar-refractivity contribution >= 4 is 11.8 Å². The van der Waals surface area contributed by atoms with Crippen molar-refractivity contribution in [3.05, 3.63) is 29.8 Å². The lowest BCUT2D eigenvalue weighted by Gasteiger charge is -2.21. The molecule has 2 nitrogen and oxygen atoms in total. The lowest BCUT2D eigenvalue weighted by atomic mass is 10.2. The van der Waals surface area contributed by atoms with Crippen molar-refractivity contribution in [2.45, 2.75) is 50.8 Å². The first-order chi connectivity index (χ1) is 9.88. The van der Waals surface area contributed by atoms with E-state index in [9.17, 15) is 0 Å². The molecule has 1 aromatic carbocycles. The molecular weight excluding hydrogens is 266 g/mol. The second kappa shape index (κ2) is 9.30. The lowest BCUT2D eigenvalue weighted by molar-refractivity contribution is 0.309. The van der Waals surface area contributed by atoms with E-state index in [1.165, 1.54) is 37.0 Å². The second-order valence-electron chi connectivity index (χ2n) is 5.47. The molecule has 0 spiro atoms. The van der Waals surface area contributed by atoms with Crippen LogP contribution in [0.15, 0.2) is 24.3 Å². The lowest BCUT2D eigenvalue weighted by Crippen LogP contribution is -2.26. The molecule has 20 heavy (non-hydrogen) atoms. The van der Waals surface area contributed by atoms with E-state index >= 15 is 0 Å². The summed E-state index contributed by atoms with van der Waals surface area (Å²) in [5.74, 6) is 2.33. The summed E-state index contributed by atoms with van der Waals surface area (Å²) in [6, 6.07) is 8.51. The highest BCUT2D eigenvalue weighted by molar-refractivity contribution is 7.99. The predicted octanol–water partition coefficient (Wildman–Crippen LogP) is 4.24. The van der Waals surface area contributed by atoms with Crippen LogP contribution < -0.4 is 10.1 Å². The van der Waals surface area contributed by atoms with Crippen molar-refractivity contribution in [3.63, 3.8) is 0 Å². The van der Waals surface area contributed by atoms with Crippen molar-refractivity contribution in [1.82, 2.24) is 5.32 Å². The Morgan fingerprint density at radius 2 is 2.10 bits per heavy atom. The molecule has 1 aliphatic heterocycles. The first-order valence-electron chi connectivity index (χ1n) is 7.92. The highest BCUT2D eigenvalue weighted by Gasteiger charge is 2.12. The zero-order valence-corrected chi connectivity index (χ0v) is 13.4. The quantitative estimate of drug-likeness (QED) is 0.724. The maximum absolute atomic E-state index is 5.68. The van der Waals surface area contributed by atoms with E-state index in [1.54, 1.807) is 0 Å². The van der Waals surface area contributed by atoms with E-state index in [-0.39, 0.29) is 0 Å². The van der Waals surface area contributed by atoms with Gasteiger partial charge in [-0.3, -0.25) is 0 Å². The van der Waals surface area contributed by atoms with Crippen molar-refractivity contribution in [2.75, 3.05) is 18.9 Å². The molecule has 0 amide bonds. The molecule has 0 radical (unpaired) electrons.